The maximum atomic E-state index is 11.8. The average Bonchev–Trinajstić information content (AvgIpc) is 2.56. The normalized spacial score (nSPS) is 18.9. The highest BCUT2D eigenvalue weighted by Gasteiger charge is 2.23. The summed E-state index contributed by atoms with van der Waals surface area (Å²) in [5, 5.41) is 8.73. The third-order valence-electron chi connectivity index (χ3n) is 3.70. The standard InChI is InChI=1S/C18H24O6/c19-15(11-17(20)21)10-16(24-18-8-4-5-9-23-18)13-22-12-14-6-2-1-3-7-14/h1-3,6-7,16,18H,4-5,8-13H2,(H,20,21)/t16-,18?/m0/s1. The van der Waals surface area contributed by atoms with E-state index < -0.39 is 18.5 Å². The summed E-state index contributed by atoms with van der Waals surface area (Å²) >= 11 is 0. The molecule has 0 spiro atoms. The molecule has 1 aromatic carbocycles. The van der Waals surface area contributed by atoms with Crippen molar-refractivity contribution in [3.05, 3.63) is 35.9 Å². The molecule has 1 unspecified atom stereocenters. The molecule has 24 heavy (non-hydrogen) atoms. The number of Topliss-reactive ketones (excluding diaryl/α,β-unsaturated/α-hetero) is 1. The van der Waals surface area contributed by atoms with Crippen molar-refractivity contribution >= 4 is 11.8 Å². The Morgan fingerprint density at radius 2 is 2.04 bits per heavy atom. The summed E-state index contributed by atoms with van der Waals surface area (Å²) < 4.78 is 17.0. The zero-order valence-corrected chi connectivity index (χ0v) is 13.7. The zero-order chi connectivity index (χ0) is 17.2. The van der Waals surface area contributed by atoms with Crippen LogP contribution in [0, 0.1) is 0 Å². The summed E-state index contributed by atoms with van der Waals surface area (Å²) in [5.74, 6) is -1.50. The molecule has 1 heterocycles. The Balaban J connectivity index is 1.83. The van der Waals surface area contributed by atoms with Crippen LogP contribution in [0.3, 0.4) is 0 Å². The number of aliphatic carboxylic acids is 1. The topological polar surface area (TPSA) is 82.1 Å². The third-order valence-corrected chi connectivity index (χ3v) is 3.70. The largest absolute Gasteiger partial charge is 0.481 e. The van der Waals surface area contributed by atoms with Crippen molar-refractivity contribution in [2.75, 3.05) is 13.2 Å². The van der Waals surface area contributed by atoms with Gasteiger partial charge in [0.15, 0.2) is 6.29 Å². The minimum Gasteiger partial charge on any atom is -0.481 e. The van der Waals surface area contributed by atoms with E-state index in [-0.39, 0.29) is 25.1 Å². The van der Waals surface area contributed by atoms with E-state index in [0.29, 0.717) is 13.2 Å². The third kappa shape index (κ3) is 7.21. The number of ketones is 1. The number of hydrogen-bond acceptors (Lipinski definition) is 5. The molecular formula is C18H24O6. The molecule has 0 bridgehead atoms. The highest BCUT2D eigenvalue weighted by atomic mass is 16.7. The first-order valence-electron chi connectivity index (χ1n) is 8.25. The molecule has 1 saturated heterocycles. The lowest BCUT2D eigenvalue weighted by molar-refractivity contribution is -0.199. The molecule has 6 nitrogen and oxygen atoms in total. The predicted octanol–water partition coefficient (Wildman–Crippen LogP) is 2.55. The van der Waals surface area contributed by atoms with Crippen LogP contribution in [-0.2, 0) is 30.4 Å². The molecule has 0 aliphatic carbocycles. The zero-order valence-electron chi connectivity index (χ0n) is 13.7. The van der Waals surface area contributed by atoms with Crippen molar-refractivity contribution in [1.29, 1.82) is 0 Å². The highest BCUT2D eigenvalue weighted by molar-refractivity contribution is 5.94. The second-order valence-electron chi connectivity index (χ2n) is 5.87. The van der Waals surface area contributed by atoms with E-state index in [0.717, 1.165) is 24.8 Å². The SMILES string of the molecule is O=C(O)CC(=O)C[C@@H](COCc1ccccc1)OC1CCCCO1. The molecule has 6 heteroatoms. The number of benzene rings is 1. The summed E-state index contributed by atoms with van der Waals surface area (Å²) in [6, 6.07) is 9.70. The number of carboxylic acids is 1. The molecule has 1 N–H and O–H groups in total. The van der Waals surface area contributed by atoms with E-state index in [9.17, 15) is 9.59 Å². The van der Waals surface area contributed by atoms with Gasteiger partial charge in [-0.3, -0.25) is 9.59 Å². The molecule has 0 radical (unpaired) electrons. The van der Waals surface area contributed by atoms with Crippen molar-refractivity contribution in [3.8, 4) is 0 Å². The van der Waals surface area contributed by atoms with Crippen molar-refractivity contribution < 1.29 is 28.9 Å². The fourth-order valence-corrected chi connectivity index (χ4v) is 2.56. The van der Waals surface area contributed by atoms with Gasteiger partial charge in [-0.2, -0.15) is 0 Å². The highest BCUT2D eigenvalue weighted by Crippen LogP contribution is 2.17. The minimum absolute atomic E-state index is 0.0148. The summed E-state index contributed by atoms with van der Waals surface area (Å²) in [6.45, 7) is 1.28. The van der Waals surface area contributed by atoms with Gasteiger partial charge in [0.1, 0.15) is 12.2 Å². The first-order chi connectivity index (χ1) is 11.6. The fourth-order valence-electron chi connectivity index (χ4n) is 2.56. The number of ether oxygens (including phenoxy) is 3. The monoisotopic (exact) mass is 336 g/mol. The Kier molecular flexibility index (Phi) is 7.88. The summed E-state index contributed by atoms with van der Waals surface area (Å²) in [5.41, 5.74) is 1.03. The summed E-state index contributed by atoms with van der Waals surface area (Å²) in [4.78, 5) is 22.4. The van der Waals surface area contributed by atoms with E-state index in [1.807, 2.05) is 30.3 Å². The Morgan fingerprint density at radius 3 is 2.71 bits per heavy atom. The van der Waals surface area contributed by atoms with Crippen LogP contribution in [0.15, 0.2) is 30.3 Å². The summed E-state index contributed by atoms with van der Waals surface area (Å²) in [6.07, 6.45) is 1.48. The molecule has 2 rings (SSSR count). The molecule has 132 valence electrons. The molecule has 0 saturated carbocycles. The van der Waals surface area contributed by atoms with Gasteiger partial charge in [0, 0.05) is 13.0 Å². The Bertz CT molecular complexity index is 510. The first kappa shape index (κ1) is 18.6. The number of carbonyl (C=O) groups is 2. The van der Waals surface area contributed by atoms with E-state index in [2.05, 4.69) is 0 Å². The first-order valence-corrected chi connectivity index (χ1v) is 8.25. The molecule has 1 aromatic rings. The van der Waals surface area contributed by atoms with Crippen molar-refractivity contribution in [1.82, 2.24) is 0 Å². The number of rotatable bonds is 10. The molecule has 0 amide bonds. The molecule has 1 fully saturated rings. The Hall–Kier alpha value is -1.76. The van der Waals surface area contributed by atoms with Gasteiger partial charge in [-0.15, -0.1) is 0 Å². The van der Waals surface area contributed by atoms with Crippen LogP contribution in [0.25, 0.3) is 0 Å². The summed E-state index contributed by atoms with van der Waals surface area (Å²) in [7, 11) is 0. The van der Waals surface area contributed by atoms with Gasteiger partial charge < -0.3 is 19.3 Å². The van der Waals surface area contributed by atoms with Crippen LogP contribution in [-0.4, -0.2) is 42.5 Å². The number of hydrogen-bond donors (Lipinski definition) is 1. The van der Waals surface area contributed by atoms with Crippen molar-refractivity contribution in [3.63, 3.8) is 0 Å². The van der Waals surface area contributed by atoms with Gasteiger partial charge in [0.25, 0.3) is 0 Å². The van der Waals surface area contributed by atoms with E-state index in [1.165, 1.54) is 0 Å². The van der Waals surface area contributed by atoms with Crippen LogP contribution in [0.5, 0.6) is 0 Å². The van der Waals surface area contributed by atoms with Crippen molar-refractivity contribution in [2.24, 2.45) is 0 Å². The molecule has 1 aliphatic rings. The second-order valence-corrected chi connectivity index (χ2v) is 5.87. The maximum Gasteiger partial charge on any atom is 0.310 e. The molecule has 0 aromatic heterocycles. The number of carbonyl (C=O) groups excluding carboxylic acids is 1. The van der Waals surface area contributed by atoms with Gasteiger partial charge in [-0.05, 0) is 24.8 Å². The number of carboxylic acid groups (broad SMARTS) is 1. The van der Waals surface area contributed by atoms with E-state index >= 15 is 0 Å². The van der Waals surface area contributed by atoms with E-state index in [4.69, 9.17) is 19.3 Å². The predicted molar refractivity (Wildman–Crippen MR) is 86.4 cm³/mol. The quantitative estimate of drug-likeness (QED) is 0.661. The van der Waals surface area contributed by atoms with Crippen molar-refractivity contribution in [2.45, 2.75) is 51.1 Å². The van der Waals surface area contributed by atoms with Gasteiger partial charge in [0.05, 0.1) is 19.3 Å². The lowest BCUT2D eigenvalue weighted by Gasteiger charge is -2.27. The molecule has 2 atom stereocenters. The van der Waals surface area contributed by atoms with Gasteiger partial charge in [0.2, 0.25) is 0 Å². The second kappa shape index (κ2) is 10.2. The lowest BCUT2D eigenvalue weighted by Crippen LogP contribution is -2.32. The van der Waals surface area contributed by atoms with Crippen LogP contribution in [0.1, 0.15) is 37.7 Å². The smallest absolute Gasteiger partial charge is 0.310 e. The van der Waals surface area contributed by atoms with Crippen LogP contribution in [0.2, 0.25) is 0 Å². The van der Waals surface area contributed by atoms with Crippen LogP contribution in [0.4, 0.5) is 0 Å². The molecule has 1 aliphatic heterocycles. The van der Waals surface area contributed by atoms with Gasteiger partial charge in [-0.1, -0.05) is 30.3 Å². The Labute approximate surface area is 141 Å². The van der Waals surface area contributed by atoms with Crippen LogP contribution < -0.4 is 0 Å². The van der Waals surface area contributed by atoms with Gasteiger partial charge in [-0.25, -0.2) is 0 Å². The lowest BCUT2D eigenvalue weighted by atomic mass is 10.1. The fraction of sp³-hybridized carbons (Fsp3) is 0.556. The van der Waals surface area contributed by atoms with E-state index in [1.54, 1.807) is 0 Å². The van der Waals surface area contributed by atoms with Gasteiger partial charge >= 0.3 is 5.97 Å². The minimum atomic E-state index is -1.13. The molecular weight excluding hydrogens is 312 g/mol. The van der Waals surface area contributed by atoms with Crippen LogP contribution >= 0.6 is 0 Å². The average molecular weight is 336 g/mol. The Morgan fingerprint density at radius 1 is 1.25 bits per heavy atom. The maximum absolute atomic E-state index is 11.8.